The summed E-state index contributed by atoms with van der Waals surface area (Å²) >= 11 is 14.5. The van der Waals surface area contributed by atoms with Crippen LogP contribution in [-0.2, 0) is 9.47 Å². The summed E-state index contributed by atoms with van der Waals surface area (Å²) in [5.74, 6) is -0.675. The summed E-state index contributed by atoms with van der Waals surface area (Å²) in [6.45, 7) is 17.8. The number of rotatable bonds is 9. The largest absolute Gasteiger partial charge is 0.488 e. The van der Waals surface area contributed by atoms with E-state index in [9.17, 15) is 4.79 Å². The van der Waals surface area contributed by atoms with Crippen molar-refractivity contribution in [1.29, 1.82) is 0 Å². The molecule has 43 heavy (non-hydrogen) atoms. The average Bonchev–Trinajstić information content (AvgIpc) is 3.50. The monoisotopic (exact) mass is 650 g/mol. The molecule has 0 unspecified atom stereocenters. The van der Waals surface area contributed by atoms with Crippen LogP contribution in [-0.4, -0.2) is 64.4 Å². The Morgan fingerprint density at radius 1 is 1.23 bits per heavy atom. The predicted octanol–water partition coefficient (Wildman–Crippen LogP) is 8.47. The van der Waals surface area contributed by atoms with Gasteiger partial charge < -0.3 is 19.1 Å². The number of aromatic nitrogens is 2. The Morgan fingerprint density at radius 3 is 2.56 bits per heavy atom. The number of hydrogen-bond donors (Lipinski definition) is 0. The zero-order chi connectivity index (χ0) is 31.7. The van der Waals surface area contributed by atoms with Crippen LogP contribution in [0.5, 0.6) is 5.75 Å². The Labute approximate surface area is 266 Å². The van der Waals surface area contributed by atoms with Crippen LogP contribution in [0.25, 0.3) is 21.1 Å². The number of ether oxygens (including phenoxy) is 3. The molecule has 1 saturated heterocycles. The molecular formula is C31H37Cl2FN4O4S. The quantitative estimate of drug-likeness (QED) is 0.215. The van der Waals surface area contributed by atoms with Gasteiger partial charge in [-0.3, -0.25) is 4.90 Å². The highest BCUT2D eigenvalue weighted by molar-refractivity contribution is 7.18. The second-order valence-corrected chi connectivity index (χ2v) is 13.7. The van der Waals surface area contributed by atoms with E-state index in [2.05, 4.69) is 35.5 Å². The van der Waals surface area contributed by atoms with Crippen LogP contribution >= 0.6 is 34.5 Å². The molecule has 8 nitrogen and oxygen atoms in total. The molecular weight excluding hydrogens is 614 g/mol. The summed E-state index contributed by atoms with van der Waals surface area (Å²) in [5.41, 5.74) is 0.476. The summed E-state index contributed by atoms with van der Waals surface area (Å²) in [5, 5.41) is 10.4. The Hall–Kier alpha value is -2.92. The average molecular weight is 652 g/mol. The van der Waals surface area contributed by atoms with Crippen LogP contribution in [0.2, 0.25) is 10.0 Å². The summed E-state index contributed by atoms with van der Waals surface area (Å²) in [6.07, 6.45) is 1.30. The number of carbonyl (C=O) groups excluding carboxylic acids is 1. The molecule has 0 aliphatic carbocycles. The van der Waals surface area contributed by atoms with E-state index in [4.69, 9.17) is 37.4 Å². The van der Waals surface area contributed by atoms with Gasteiger partial charge in [-0.1, -0.05) is 40.6 Å². The maximum absolute atomic E-state index is 15.3. The molecule has 3 aromatic rings. The number of halogens is 3. The maximum Gasteiger partial charge on any atom is 0.413 e. The maximum atomic E-state index is 15.3. The molecule has 1 aliphatic rings. The van der Waals surface area contributed by atoms with Gasteiger partial charge in [0, 0.05) is 29.8 Å². The Balaban J connectivity index is 1.50. The molecule has 2 aromatic carbocycles. The van der Waals surface area contributed by atoms with Gasteiger partial charge in [0.25, 0.3) is 0 Å². The number of anilines is 1. The molecule has 232 valence electrons. The van der Waals surface area contributed by atoms with Gasteiger partial charge in [-0.2, -0.15) is 0 Å². The van der Waals surface area contributed by atoms with Gasteiger partial charge >= 0.3 is 6.09 Å². The third kappa shape index (κ3) is 7.60. The van der Waals surface area contributed by atoms with Gasteiger partial charge in [-0.15, -0.1) is 16.8 Å². The van der Waals surface area contributed by atoms with Crippen molar-refractivity contribution in [3.05, 3.63) is 58.8 Å². The summed E-state index contributed by atoms with van der Waals surface area (Å²) < 4.78 is 32.4. The Bertz CT molecular complexity index is 1490. The molecule has 4 rings (SSSR count). The van der Waals surface area contributed by atoms with Gasteiger partial charge in [-0.05, 0) is 72.7 Å². The lowest BCUT2D eigenvalue weighted by Crippen LogP contribution is -2.51. The summed E-state index contributed by atoms with van der Waals surface area (Å²) in [4.78, 5) is 16.5. The van der Waals surface area contributed by atoms with Crippen molar-refractivity contribution < 1.29 is 23.4 Å². The molecule has 12 heteroatoms. The van der Waals surface area contributed by atoms with Crippen molar-refractivity contribution in [1.82, 2.24) is 15.1 Å². The summed E-state index contributed by atoms with van der Waals surface area (Å²) in [7, 11) is 0. The number of benzene rings is 2. The van der Waals surface area contributed by atoms with E-state index in [1.807, 2.05) is 24.3 Å². The second-order valence-electron chi connectivity index (χ2n) is 11.9. The minimum atomic E-state index is -0.907. The van der Waals surface area contributed by atoms with Crippen LogP contribution in [0, 0.1) is 5.82 Å². The first-order valence-corrected chi connectivity index (χ1v) is 15.5. The van der Waals surface area contributed by atoms with Gasteiger partial charge in [0.1, 0.15) is 27.9 Å². The van der Waals surface area contributed by atoms with Crippen molar-refractivity contribution in [3.63, 3.8) is 0 Å². The SMILES string of the molecule is C=CCN(c1ccc(-c2nnc(-c3cc(F)c(OC[C@H]4COC(C)(C)N4C(=O)OC(C)(C)C)cc3Cl)s2)cc1Cl)C(C)C. The van der Waals surface area contributed by atoms with Crippen molar-refractivity contribution >= 4 is 46.3 Å². The van der Waals surface area contributed by atoms with Crippen molar-refractivity contribution in [2.45, 2.75) is 71.9 Å². The molecule has 1 aliphatic heterocycles. The van der Waals surface area contributed by atoms with E-state index in [1.54, 1.807) is 34.6 Å². The van der Waals surface area contributed by atoms with E-state index in [0.29, 0.717) is 27.1 Å². The highest BCUT2D eigenvalue weighted by atomic mass is 35.5. The number of hydrogen-bond acceptors (Lipinski definition) is 8. The van der Waals surface area contributed by atoms with E-state index in [0.717, 1.165) is 11.3 Å². The van der Waals surface area contributed by atoms with Crippen LogP contribution in [0.3, 0.4) is 0 Å². The van der Waals surface area contributed by atoms with Gasteiger partial charge in [-0.25, -0.2) is 9.18 Å². The van der Waals surface area contributed by atoms with Crippen molar-refractivity contribution in [2.24, 2.45) is 0 Å². The lowest BCUT2D eigenvalue weighted by atomic mass is 10.1. The van der Waals surface area contributed by atoms with Crippen LogP contribution in [0.4, 0.5) is 14.9 Å². The lowest BCUT2D eigenvalue weighted by molar-refractivity contribution is -0.0637. The first-order valence-electron chi connectivity index (χ1n) is 13.9. The molecule has 0 N–H and O–H groups in total. The van der Waals surface area contributed by atoms with Gasteiger partial charge in [0.05, 0.1) is 28.4 Å². The number of nitrogens with zero attached hydrogens (tertiary/aromatic N) is 4. The zero-order valence-corrected chi connectivity index (χ0v) is 27.7. The lowest BCUT2D eigenvalue weighted by Gasteiger charge is -2.35. The van der Waals surface area contributed by atoms with Gasteiger partial charge in [0.15, 0.2) is 11.6 Å². The standard InChI is InChI=1S/C31H37Cl2FN4O4S/c1-9-12-37(18(2)3)25-11-10-19(13-23(25)33)27-35-36-28(43-27)21-14-24(34)26(15-22(21)32)40-16-20-17-41-31(7,8)38(20)29(39)42-30(4,5)6/h9-11,13-15,18,20H,1,12,16-17H2,2-8H3/t20-/m0/s1. The van der Waals surface area contributed by atoms with Crippen molar-refractivity contribution in [2.75, 3.05) is 24.7 Å². The number of carbonyl (C=O) groups is 1. The predicted molar refractivity (Wildman–Crippen MR) is 171 cm³/mol. The second kappa shape index (κ2) is 13.0. The molecule has 0 bridgehead atoms. The first-order chi connectivity index (χ1) is 20.1. The van der Waals surface area contributed by atoms with E-state index < -0.39 is 29.3 Å². The van der Waals surface area contributed by atoms with Crippen LogP contribution in [0.15, 0.2) is 43.0 Å². The fraction of sp³-hybridized carbons (Fsp3) is 0.452. The fourth-order valence-corrected chi connectivity index (χ4v) is 6.18. The molecule has 1 fully saturated rings. The minimum absolute atomic E-state index is 0.0178. The van der Waals surface area contributed by atoms with Gasteiger partial charge in [0.2, 0.25) is 0 Å². The van der Waals surface area contributed by atoms with E-state index in [1.165, 1.54) is 28.4 Å². The molecule has 1 aromatic heterocycles. The van der Waals surface area contributed by atoms with Crippen LogP contribution < -0.4 is 9.64 Å². The third-order valence-electron chi connectivity index (χ3n) is 6.73. The minimum Gasteiger partial charge on any atom is -0.488 e. The normalized spacial score (nSPS) is 16.4. The molecule has 0 radical (unpaired) electrons. The van der Waals surface area contributed by atoms with Crippen molar-refractivity contribution in [3.8, 4) is 26.9 Å². The van der Waals surface area contributed by atoms with Crippen LogP contribution in [0.1, 0.15) is 48.5 Å². The highest BCUT2D eigenvalue weighted by Gasteiger charge is 2.46. The Morgan fingerprint density at radius 2 is 1.93 bits per heavy atom. The molecule has 2 heterocycles. The highest BCUT2D eigenvalue weighted by Crippen LogP contribution is 2.39. The smallest absolute Gasteiger partial charge is 0.413 e. The molecule has 1 atom stereocenters. The molecule has 0 saturated carbocycles. The molecule has 1 amide bonds. The number of amides is 1. The zero-order valence-electron chi connectivity index (χ0n) is 25.4. The summed E-state index contributed by atoms with van der Waals surface area (Å²) in [6, 6.07) is 8.13. The Kier molecular flexibility index (Phi) is 9.95. The first kappa shape index (κ1) is 33.0. The third-order valence-corrected chi connectivity index (χ3v) is 8.35. The van der Waals surface area contributed by atoms with E-state index >= 15 is 4.39 Å². The molecule has 0 spiro atoms. The van der Waals surface area contributed by atoms with E-state index in [-0.39, 0.29) is 30.0 Å². The fourth-order valence-electron chi connectivity index (χ4n) is 4.72. The topological polar surface area (TPSA) is 77.0 Å².